The third kappa shape index (κ3) is 3.59. The summed E-state index contributed by atoms with van der Waals surface area (Å²) in [5.74, 6) is 0. The number of likely N-dealkylation sites (tertiary alicyclic amines) is 1. The number of halogens is 1. The molecule has 0 radical (unpaired) electrons. The summed E-state index contributed by atoms with van der Waals surface area (Å²) < 4.78 is 6.06. The van der Waals surface area contributed by atoms with E-state index in [9.17, 15) is 0 Å². The molecule has 5 rings (SSSR count). The van der Waals surface area contributed by atoms with Crippen molar-refractivity contribution < 1.29 is 4.42 Å². The highest BCUT2D eigenvalue weighted by Gasteiger charge is 2.27. The molecule has 28 heavy (non-hydrogen) atoms. The number of oxazole rings is 1. The van der Waals surface area contributed by atoms with Crippen molar-refractivity contribution in [1.29, 1.82) is 0 Å². The molecule has 7 heteroatoms. The van der Waals surface area contributed by atoms with Crippen LogP contribution >= 0.6 is 11.6 Å². The Labute approximate surface area is 169 Å². The van der Waals surface area contributed by atoms with Gasteiger partial charge in [-0.2, -0.15) is 4.98 Å². The van der Waals surface area contributed by atoms with Crippen LogP contribution in [0, 0.1) is 0 Å². The zero-order valence-corrected chi connectivity index (χ0v) is 16.6. The minimum atomic E-state index is 0.465. The van der Waals surface area contributed by atoms with Gasteiger partial charge in [0, 0.05) is 30.9 Å². The van der Waals surface area contributed by atoms with Gasteiger partial charge >= 0.3 is 0 Å². The van der Waals surface area contributed by atoms with E-state index in [0.29, 0.717) is 28.4 Å². The summed E-state index contributed by atoms with van der Waals surface area (Å²) in [6.07, 6.45) is 8.20. The molecule has 0 amide bonds. The lowest BCUT2D eigenvalue weighted by atomic mass is 10.0. The fourth-order valence-corrected chi connectivity index (χ4v) is 4.52. The van der Waals surface area contributed by atoms with Crippen molar-refractivity contribution in [3.63, 3.8) is 0 Å². The lowest BCUT2D eigenvalue weighted by molar-refractivity contribution is 0.140. The topological polar surface area (TPSA) is 58.3 Å². The molecule has 2 fully saturated rings. The van der Waals surface area contributed by atoms with Gasteiger partial charge < -0.3 is 14.2 Å². The van der Waals surface area contributed by atoms with E-state index in [4.69, 9.17) is 16.0 Å². The molecule has 0 spiro atoms. The van der Waals surface area contributed by atoms with Crippen molar-refractivity contribution in [2.24, 2.45) is 0 Å². The van der Waals surface area contributed by atoms with Gasteiger partial charge in [-0.3, -0.25) is 0 Å². The van der Waals surface area contributed by atoms with Crippen LogP contribution < -0.4 is 4.90 Å². The molecule has 0 saturated carbocycles. The van der Waals surface area contributed by atoms with Crippen molar-refractivity contribution in [2.45, 2.75) is 38.1 Å². The molecule has 146 valence electrons. The highest BCUT2D eigenvalue weighted by atomic mass is 35.5. The van der Waals surface area contributed by atoms with Gasteiger partial charge in [0.05, 0.1) is 5.69 Å². The summed E-state index contributed by atoms with van der Waals surface area (Å²) in [4.78, 5) is 18.4. The second-order valence-electron chi connectivity index (χ2n) is 7.70. The second-order valence-corrected chi connectivity index (χ2v) is 8.09. The first kappa shape index (κ1) is 17.9. The molecule has 0 bridgehead atoms. The molecule has 0 unspecified atom stereocenters. The standard InChI is InChI=1S/C21H24ClN5O/c22-19-6-4-5-17(24-19)15-13-18-20(23-14-15)25-21(28-18)27-11-7-16(8-12-27)26-9-2-1-3-10-26/h4-6,13-14,16H,1-3,7-12H2. The average molecular weight is 398 g/mol. The van der Waals surface area contributed by atoms with E-state index in [1.807, 2.05) is 18.2 Å². The Morgan fingerprint density at radius 2 is 1.82 bits per heavy atom. The SMILES string of the molecule is Clc1cccc(-c2cnc3nc(N4CCC(N5CCCCC5)CC4)oc3c2)n1. The average Bonchev–Trinajstić information content (AvgIpc) is 3.18. The van der Waals surface area contributed by atoms with E-state index in [0.717, 1.165) is 24.3 Å². The number of hydrogen-bond donors (Lipinski definition) is 0. The van der Waals surface area contributed by atoms with Crippen LogP contribution in [0.15, 0.2) is 34.9 Å². The molecule has 2 saturated heterocycles. The predicted molar refractivity (Wildman–Crippen MR) is 111 cm³/mol. The normalized spacial score (nSPS) is 19.4. The van der Waals surface area contributed by atoms with Gasteiger partial charge in [0.2, 0.25) is 5.65 Å². The molecule has 0 atom stereocenters. The predicted octanol–water partition coefficient (Wildman–Crippen LogP) is 4.39. The van der Waals surface area contributed by atoms with Crippen LogP contribution in [-0.2, 0) is 0 Å². The second kappa shape index (κ2) is 7.68. The van der Waals surface area contributed by atoms with Crippen molar-refractivity contribution in [1.82, 2.24) is 19.9 Å². The minimum Gasteiger partial charge on any atom is -0.422 e. The lowest BCUT2D eigenvalue weighted by Crippen LogP contribution is -2.46. The Bertz CT molecular complexity index is 960. The molecular formula is C21H24ClN5O. The maximum Gasteiger partial charge on any atom is 0.299 e. The number of hydrogen-bond acceptors (Lipinski definition) is 6. The number of fused-ring (bicyclic) bond motifs is 1. The molecule has 6 nitrogen and oxygen atoms in total. The fraction of sp³-hybridized carbons (Fsp3) is 0.476. The Morgan fingerprint density at radius 3 is 2.61 bits per heavy atom. The molecular weight excluding hydrogens is 374 g/mol. The minimum absolute atomic E-state index is 0.465. The van der Waals surface area contributed by atoms with Crippen LogP contribution in [0.1, 0.15) is 32.1 Å². The first-order valence-corrected chi connectivity index (χ1v) is 10.5. The Kier molecular flexibility index (Phi) is 4.91. The highest BCUT2D eigenvalue weighted by molar-refractivity contribution is 6.29. The van der Waals surface area contributed by atoms with Crippen LogP contribution in [0.2, 0.25) is 5.15 Å². The number of piperidine rings is 2. The molecule has 0 N–H and O–H groups in total. The Hall–Kier alpha value is -2.18. The van der Waals surface area contributed by atoms with E-state index >= 15 is 0 Å². The molecule has 0 aliphatic carbocycles. The van der Waals surface area contributed by atoms with E-state index in [1.54, 1.807) is 12.3 Å². The van der Waals surface area contributed by atoms with Gasteiger partial charge in [-0.25, -0.2) is 9.97 Å². The maximum atomic E-state index is 6.06. The molecule has 3 aromatic heterocycles. The van der Waals surface area contributed by atoms with Crippen LogP contribution in [-0.4, -0.2) is 52.1 Å². The summed E-state index contributed by atoms with van der Waals surface area (Å²) in [7, 11) is 0. The van der Waals surface area contributed by atoms with Gasteiger partial charge in [0.25, 0.3) is 6.01 Å². The largest absolute Gasteiger partial charge is 0.422 e. The quantitative estimate of drug-likeness (QED) is 0.611. The van der Waals surface area contributed by atoms with E-state index in [-0.39, 0.29) is 0 Å². The molecule has 0 aromatic carbocycles. The number of nitrogens with zero attached hydrogens (tertiary/aromatic N) is 5. The maximum absolute atomic E-state index is 6.06. The Morgan fingerprint density at radius 1 is 1.00 bits per heavy atom. The van der Waals surface area contributed by atoms with Gasteiger partial charge in [0.1, 0.15) is 5.15 Å². The lowest BCUT2D eigenvalue weighted by Gasteiger charge is -2.39. The van der Waals surface area contributed by atoms with Crippen LogP contribution in [0.3, 0.4) is 0 Å². The summed E-state index contributed by atoms with van der Waals surface area (Å²) >= 11 is 6.01. The monoisotopic (exact) mass is 397 g/mol. The van der Waals surface area contributed by atoms with Gasteiger partial charge in [-0.1, -0.05) is 24.1 Å². The number of aromatic nitrogens is 3. The van der Waals surface area contributed by atoms with Crippen molar-refractivity contribution in [2.75, 3.05) is 31.1 Å². The zero-order valence-electron chi connectivity index (χ0n) is 15.9. The van der Waals surface area contributed by atoms with Crippen molar-refractivity contribution in [3.05, 3.63) is 35.6 Å². The van der Waals surface area contributed by atoms with E-state index in [2.05, 4.69) is 24.8 Å². The third-order valence-corrected chi connectivity index (χ3v) is 6.10. The van der Waals surface area contributed by atoms with Crippen molar-refractivity contribution in [3.8, 4) is 11.3 Å². The first-order chi connectivity index (χ1) is 13.8. The molecule has 2 aliphatic heterocycles. The summed E-state index contributed by atoms with van der Waals surface area (Å²) in [6, 6.07) is 8.88. The van der Waals surface area contributed by atoms with E-state index in [1.165, 1.54) is 45.2 Å². The highest BCUT2D eigenvalue weighted by Crippen LogP contribution is 2.28. The zero-order chi connectivity index (χ0) is 18.9. The fourth-order valence-electron chi connectivity index (χ4n) is 4.36. The van der Waals surface area contributed by atoms with Crippen LogP contribution in [0.25, 0.3) is 22.5 Å². The first-order valence-electron chi connectivity index (χ1n) is 10.1. The van der Waals surface area contributed by atoms with Gasteiger partial charge in [-0.15, -0.1) is 0 Å². The number of anilines is 1. The summed E-state index contributed by atoms with van der Waals surface area (Å²) in [5, 5.41) is 0.465. The number of rotatable bonds is 3. The summed E-state index contributed by atoms with van der Waals surface area (Å²) in [6.45, 7) is 4.49. The van der Waals surface area contributed by atoms with Crippen molar-refractivity contribution >= 4 is 28.8 Å². The Balaban J connectivity index is 1.31. The summed E-state index contributed by atoms with van der Waals surface area (Å²) in [5.41, 5.74) is 2.98. The molecule has 2 aliphatic rings. The number of pyridine rings is 2. The third-order valence-electron chi connectivity index (χ3n) is 5.89. The smallest absolute Gasteiger partial charge is 0.299 e. The van der Waals surface area contributed by atoms with E-state index < -0.39 is 0 Å². The van der Waals surface area contributed by atoms with Crippen LogP contribution in [0.5, 0.6) is 0 Å². The van der Waals surface area contributed by atoms with Gasteiger partial charge in [0.15, 0.2) is 5.58 Å². The molecule has 5 heterocycles. The molecule has 3 aromatic rings. The van der Waals surface area contributed by atoms with Gasteiger partial charge in [-0.05, 0) is 57.0 Å². The van der Waals surface area contributed by atoms with Crippen LogP contribution in [0.4, 0.5) is 6.01 Å².